The van der Waals surface area contributed by atoms with Crippen molar-refractivity contribution in [2.24, 2.45) is 0 Å². The van der Waals surface area contributed by atoms with Crippen molar-refractivity contribution in [3.63, 3.8) is 0 Å². The summed E-state index contributed by atoms with van der Waals surface area (Å²) in [4.78, 5) is 4.59. The van der Waals surface area contributed by atoms with Crippen LogP contribution in [0.1, 0.15) is 12.5 Å². The fraction of sp³-hybridized carbons (Fsp3) is 0.167. The number of hydrogen-bond acceptors (Lipinski definition) is 3. The molecule has 0 amide bonds. The van der Waals surface area contributed by atoms with E-state index in [1.165, 1.54) is 11.1 Å². The number of benzene rings is 2. The molecule has 104 valence electrons. The summed E-state index contributed by atoms with van der Waals surface area (Å²) in [5.41, 5.74) is 3.46. The summed E-state index contributed by atoms with van der Waals surface area (Å²) in [6.07, 6.45) is 0. The van der Waals surface area contributed by atoms with Crippen LogP contribution in [-0.2, 0) is 6.61 Å². The third-order valence-electron chi connectivity index (χ3n) is 3.78. The average Bonchev–Trinajstić information content (AvgIpc) is 2.55. The van der Waals surface area contributed by atoms with E-state index < -0.39 is 0 Å². The zero-order valence-corrected chi connectivity index (χ0v) is 11.8. The normalized spacial score (nSPS) is 12.4. The second-order valence-electron chi connectivity index (χ2n) is 5.02. The Hall–Kier alpha value is -2.55. The molecule has 0 unspecified atom stereocenters. The van der Waals surface area contributed by atoms with Gasteiger partial charge in [0.2, 0.25) is 11.8 Å². The number of hydrogen-bond donors (Lipinski definition) is 0. The highest BCUT2D eigenvalue weighted by molar-refractivity contribution is 6.02. The first-order chi connectivity index (χ1) is 10.4. The molecule has 0 spiro atoms. The molecule has 0 bridgehead atoms. The van der Waals surface area contributed by atoms with Crippen LogP contribution in [0.15, 0.2) is 48.5 Å². The molecule has 4 rings (SSSR count). The Morgan fingerprint density at radius 1 is 1.05 bits per heavy atom. The van der Waals surface area contributed by atoms with Crippen LogP contribution in [0, 0.1) is 0 Å². The topological polar surface area (TPSA) is 31.4 Å². The van der Waals surface area contributed by atoms with Crippen molar-refractivity contribution in [1.82, 2.24) is 4.98 Å². The van der Waals surface area contributed by atoms with Crippen LogP contribution in [0.2, 0.25) is 0 Å². The first-order valence-electron chi connectivity index (χ1n) is 7.15. The third kappa shape index (κ3) is 1.85. The van der Waals surface area contributed by atoms with E-state index in [0.717, 1.165) is 16.3 Å². The van der Waals surface area contributed by atoms with Gasteiger partial charge in [0.05, 0.1) is 12.2 Å². The quantitative estimate of drug-likeness (QED) is 0.703. The Morgan fingerprint density at radius 2 is 1.81 bits per heavy atom. The lowest BCUT2D eigenvalue weighted by Crippen LogP contribution is -2.08. The van der Waals surface area contributed by atoms with Crippen LogP contribution in [0.25, 0.3) is 21.9 Å². The van der Waals surface area contributed by atoms with Gasteiger partial charge < -0.3 is 9.47 Å². The summed E-state index contributed by atoms with van der Waals surface area (Å²) >= 11 is 0. The molecule has 0 saturated carbocycles. The fourth-order valence-electron chi connectivity index (χ4n) is 2.86. The second-order valence-corrected chi connectivity index (χ2v) is 5.02. The van der Waals surface area contributed by atoms with Gasteiger partial charge in [-0.25, -0.2) is 0 Å². The van der Waals surface area contributed by atoms with Crippen LogP contribution < -0.4 is 9.47 Å². The molecule has 0 atom stereocenters. The molecule has 3 aromatic rings. The van der Waals surface area contributed by atoms with E-state index in [2.05, 4.69) is 29.2 Å². The molecule has 1 aliphatic rings. The van der Waals surface area contributed by atoms with Crippen molar-refractivity contribution >= 4 is 10.8 Å². The molecule has 2 heterocycles. The summed E-state index contributed by atoms with van der Waals surface area (Å²) in [5.74, 6) is 1.31. The molecule has 1 aromatic heterocycles. The van der Waals surface area contributed by atoms with E-state index in [0.29, 0.717) is 25.0 Å². The van der Waals surface area contributed by atoms with Gasteiger partial charge in [-0.3, -0.25) is 0 Å². The van der Waals surface area contributed by atoms with Gasteiger partial charge in [-0.05, 0) is 24.1 Å². The predicted octanol–water partition coefficient (Wildman–Crippen LogP) is 4.19. The second kappa shape index (κ2) is 4.77. The number of aromatic nitrogens is 1. The number of nitrogens with zero attached hydrogens (tertiary/aromatic N) is 1. The Morgan fingerprint density at radius 3 is 2.67 bits per heavy atom. The monoisotopic (exact) mass is 277 g/mol. The van der Waals surface area contributed by atoms with E-state index in [4.69, 9.17) is 9.47 Å². The Labute approximate surface area is 123 Å². The minimum atomic E-state index is 0.556. The Balaban J connectivity index is 2.08. The van der Waals surface area contributed by atoms with Crippen LogP contribution in [0.5, 0.6) is 11.8 Å². The van der Waals surface area contributed by atoms with Gasteiger partial charge in [0.1, 0.15) is 6.61 Å². The largest absolute Gasteiger partial charge is 0.477 e. The van der Waals surface area contributed by atoms with Crippen molar-refractivity contribution in [1.29, 1.82) is 0 Å². The highest BCUT2D eigenvalue weighted by atomic mass is 16.5. The molecule has 2 aromatic carbocycles. The summed E-state index contributed by atoms with van der Waals surface area (Å²) in [7, 11) is 0. The summed E-state index contributed by atoms with van der Waals surface area (Å²) in [6, 6.07) is 16.5. The number of rotatable bonds is 2. The highest BCUT2D eigenvalue weighted by Crippen LogP contribution is 2.43. The van der Waals surface area contributed by atoms with Crippen molar-refractivity contribution in [2.45, 2.75) is 13.5 Å². The molecule has 0 fully saturated rings. The van der Waals surface area contributed by atoms with Gasteiger partial charge >= 0.3 is 0 Å². The van der Waals surface area contributed by atoms with E-state index >= 15 is 0 Å². The smallest absolute Gasteiger partial charge is 0.225 e. The molecule has 3 heteroatoms. The number of ether oxygens (including phenoxy) is 2. The van der Waals surface area contributed by atoms with Gasteiger partial charge in [-0.2, -0.15) is 4.98 Å². The van der Waals surface area contributed by atoms with Crippen molar-refractivity contribution < 1.29 is 9.47 Å². The standard InChI is InChI=1S/C18H15NO2/c1-2-20-17-15-10-6-5-9-14(15)16-13-8-4-3-7-12(13)11-21-18(16)19-17/h3-10H,2,11H2,1H3. The zero-order valence-electron chi connectivity index (χ0n) is 11.8. The third-order valence-corrected chi connectivity index (χ3v) is 3.78. The van der Waals surface area contributed by atoms with Gasteiger partial charge in [0.15, 0.2) is 0 Å². The first-order valence-corrected chi connectivity index (χ1v) is 7.15. The van der Waals surface area contributed by atoms with E-state index in [1.807, 2.05) is 31.2 Å². The number of pyridine rings is 1. The average molecular weight is 277 g/mol. The lowest BCUT2D eigenvalue weighted by Gasteiger charge is -2.22. The lowest BCUT2D eigenvalue weighted by molar-refractivity contribution is 0.278. The molecular formula is C18H15NO2. The first kappa shape index (κ1) is 12.2. The minimum absolute atomic E-state index is 0.556. The zero-order chi connectivity index (χ0) is 14.2. The molecule has 1 aliphatic heterocycles. The summed E-state index contributed by atoms with van der Waals surface area (Å²) < 4.78 is 11.5. The maximum atomic E-state index is 5.85. The lowest BCUT2D eigenvalue weighted by atomic mass is 9.94. The van der Waals surface area contributed by atoms with Crippen molar-refractivity contribution in [3.05, 3.63) is 54.1 Å². The maximum absolute atomic E-state index is 5.85. The molecule has 0 radical (unpaired) electrons. The Bertz CT molecular complexity index is 827. The van der Waals surface area contributed by atoms with E-state index in [1.54, 1.807) is 0 Å². The van der Waals surface area contributed by atoms with E-state index in [9.17, 15) is 0 Å². The molecule has 0 aliphatic carbocycles. The SMILES string of the molecule is CCOc1nc2c(c3ccccc13)-c1ccccc1CO2. The van der Waals surface area contributed by atoms with Gasteiger partial charge in [0, 0.05) is 10.8 Å². The molecule has 3 nitrogen and oxygen atoms in total. The molecule has 21 heavy (non-hydrogen) atoms. The van der Waals surface area contributed by atoms with Crippen LogP contribution in [0.4, 0.5) is 0 Å². The maximum Gasteiger partial charge on any atom is 0.225 e. The molecule has 0 N–H and O–H groups in total. The van der Waals surface area contributed by atoms with Gasteiger partial charge in [-0.1, -0.05) is 42.5 Å². The van der Waals surface area contributed by atoms with Gasteiger partial charge in [-0.15, -0.1) is 0 Å². The fourth-order valence-corrected chi connectivity index (χ4v) is 2.86. The number of fused-ring (bicyclic) bond motifs is 5. The minimum Gasteiger partial charge on any atom is -0.477 e. The summed E-state index contributed by atoms with van der Waals surface area (Å²) in [5, 5.41) is 2.15. The van der Waals surface area contributed by atoms with Crippen molar-refractivity contribution in [2.75, 3.05) is 6.61 Å². The van der Waals surface area contributed by atoms with Crippen LogP contribution in [0.3, 0.4) is 0 Å². The van der Waals surface area contributed by atoms with Gasteiger partial charge in [0.25, 0.3) is 0 Å². The highest BCUT2D eigenvalue weighted by Gasteiger charge is 2.23. The molecular weight excluding hydrogens is 262 g/mol. The van der Waals surface area contributed by atoms with Crippen molar-refractivity contribution in [3.8, 4) is 22.9 Å². The van der Waals surface area contributed by atoms with Crippen LogP contribution >= 0.6 is 0 Å². The Kier molecular flexibility index (Phi) is 2.78. The molecule has 0 saturated heterocycles. The summed E-state index contributed by atoms with van der Waals surface area (Å²) in [6.45, 7) is 3.11. The van der Waals surface area contributed by atoms with Crippen LogP contribution in [-0.4, -0.2) is 11.6 Å². The van der Waals surface area contributed by atoms with E-state index in [-0.39, 0.29) is 0 Å². The predicted molar refractivity (Wildman–Crippen MR) is 82.7 cm³/mol.